The minimum atomic E-state index is 0.490. The second-order valence-corrected chi connectivity index (χ2v) is 5.86. The Morgan fingerprint density at radius 3 is 2.62 bits per heavy atom. The van der Waals surface area contributed by atoms with E-state index in [-0.39, 0.29) is 0 Å². The molecule has 0 aromatic rings. The van der Waals surface area contributed by atoms with Gasteiger partial charge in [-0.25, -0.2) is 0 Å². The van der Waals surface area contributed by atoms with Gasteiger partial charge in [0, 0.05) is 12.6 Å². The first-order valence-corrected chi connectivity index (χ1v) is 5.50. The lowest BCUT2D eigenvalue weighted by atomic mass is 9.79. The summed E-state index contributed by atoms with van der Waals surface area (Å²) in [6.07, 6.45) is 1.36. The molecule has 0 aliphatic carbocycles. The summed E-state index contributed by atoms with van der Waals surface area (Å²) in [5, 5.41) is 7.11. The monoisotopic (exact) mass is 182 g/mol. The van der Waals surface area contributed by atoms with Crippen molar-refractivity contribution in [3.8, 4) is 0 Å². The quantitative estimate of drug-likeness (QED) is 0.637. The van der Waals surface area contributed by atoms with Crippen molar-refractivity contribution in [3.05, 3.63) is 0 Å². The summed E-state index contributed by atoms with van der Waals surface area (Å²) in [5.74, 6) is 1.80. The van der Waals surface area contributed by atoms with Crippen LogP contribution in [-0.2, 0) is 0 Å². The van der Waals surface area contributed by atoms with Crippen LogP contribution in [0.3, 0.4) is 0 Å². The van der Waals surface area contributed by atoms with Gasteiger partial charge in [0.15, 0.2) is 0 Å². The van der Waals surface area contributed by atoms with E-state index >= 15 is 0 Å². The molecule has 0 bridgehead atoms. The van der Waals surface area contributed by atoms with E-state index in [1.54, 1.807) is 0 Å². The molecular formula is C11H22N2. The van der Waals surface area contributed by atoms with Crippen LogP contribution in [0.15, 0.2) is 0 Å². The van der Waals surface area contributed by atoms with Gasteiger partial charge in [-0.15, -0.1) is 0 Å². The Hall–Kier alpha value is -0.0800. The summed E-state index contributed by atoms with van der Waals surface area (Å²) in [6.45, 7) is 10.7. The van der Waals surface area contributed by atoms with Crippen LogP contribution >= 0.6 is 0 Å². The number of fused-ring (bicyclic) bond motifs is 1. The van der Waals surface area contributed by atoms with Crippen molar-refractivity contribution in [2.24, 2.45) is 17.3 Å². The zero-order valence-corrected chi connectivity index (χ0v) is 9.06. The summed E-state index contributed by atoms with van der Waals surface area (Å²) in [4.78, 5) is 0. The van der Waals surface area contributed by atoms with Crippen molar-refractivity contribution < 1.29 is 0 Å². The molecule has 0 spiro atoms. The van der Waals surface area contributed by atoms with Crippen LogP contribution in [0.5, 0.6) is 0 Å². The molecular weight excluding hydrogens is 160 g/mol. The van der Waals surface area contributed by atoms with Gasteiger partial charge in [0.1, 0.15) is 0 Å². The fraction of sp³-hybridized carbons (Fsp3) is 1.00. The molecule has 2 fully saturated rings. The topological polar surface area (TPSA) is 24.1 Å². The van der Waals surface area contributed by atoms with Crippen LogP contribution in [0.1, 0.15) is 27.2 Å². The maximum absolute atomic E-state index is 3.63. The smallest absolute Gasteiger partial charge is 0.0236 e. The summed E-state index contributed by atoms with van der Waals surface area (Å²) >= 11 is 0. The van der Waals surface area contributed by atoms with Crippen molar-refractivity contribution in [1.29, 1.82) is 0 Å². The van der Waals surface area contributed by atoms with Gasteiger partial charge in [0.25, 0.3) is 0 Å². The van der Waals surface area contributed by atoms with Gasteiger partial charge in [-0.3, -0.25) is 0 Å². The molecule has 13 heavy (non-hydrogen) atoms. The molecule has 3 atom stereocenters. The van der Waals surface area contributed by atoms with Crippen LogP contribution in [-0.4, -0.2) is 25.7 Å². The summed E-state index contributed by atoms with van der Waals surface area (Å²) < 4.78 is 0. The maximum atomic E-state index is 3.63. The third-order valence-corrected chi connectivity index (χ3v) is 3.38. The first kappa shape index (κ1) is 9.47. The summed E-state index contributed by atoms with van der Waals surface area (Å²) in [6, 6.07) is 0.771. The van der Waals surface area contributed by atoms with Crippen molar-refractivity contribution in [1.82, 2.24) is 10.6 Å². The zero-order chi connectivity index (χ0) is 9.47. The van der Waals surface area contributed by atoms with Gasteiger partial charge < -0.3 is 10.6 Å². The molecule has 2 aliphatic heterocycles. The minimum absolute atomic E-state index is 0.490. The van der Waals surface area contributed by atoms with Gasteiger partial charge >= 0.3 is 0 Å². The fourth-order valence-corrected chi connectivity index (χ4v) is 2.88. The molecule has 2 saturated heterocycles. The Balaban J connectivity index is 1.94. The highest BCUT2D eigenvalue weighted by atomic mass is 15.1. The molecule has 0 aromatic carbocycles. The predicted octanol–water partition coefficient (Wildman–Crippen LogP) is 1.23. The predicted molar refractivity (Wildman–Crippen MR) is 55.7 cm³/mol. The maximum Gasteiger partial charge on any atom is 0.0236 e. The molecule has 2 heterocycles. The molecule has 2 aliphatic rings. The molecule has 2 nitrogen and oxygen atoms in total. The molecule has 3 unspecified atom stereocenters. The van der Waals surface area contributed by atoms with E-state index in [1.165, 1.54) is 26.1 Å². The lowest BCUT2D eigenvalue weighted by Gasteiger charge is -2.25. The van der Waals surface area contributed by atoms with E-state index in [1.807, 2.05) is 0 Å². The van der Waals surface area contributed by atoms with Gasteiger partial charge in [-0.1, -0.05) is 20.8 Å². The van der Waals surface area contributed by atoms with E-state index in [0.717, 1.165) is 17.9 Å². The molecule has 2 N–H and O–H groups in total. The van der Waals surface area contributed by atoms with Crippen molar-refractivity contribution >= 4 is 0 Å². The molecule has 0 aromatic heterocycles. The zero-order valence-electron chi connectivity index (χ0n) is 9.06. The SMILES string of the molecule is CC(C)(C)CC1CNC2CNCC12. The largest absolute Gasteiger partial charge is 0.315 e. The van der Waals surface area contributed by atoms with Gasteiger partial charge in [0.2, 0.25) is 0 Å². The van der Waals surface area contributed by atoms with Crippen molar-refractivity contribution in [2.75, 3.05) is 19.6 Å². The van der Waals surface area contributed by atoms with E-state index in [4.69, 9.17) is 0 Å². The molecule has 76 valence electrons. The highest BCUT2D eigenvalue weighted by Crippen LogP contribution is 2.34. The second-order valence-electron chi connectivity index (χ2n) is 5.86. The van der Waals surface area contributed by atoms with Crippen molar-refractivity contribution in [2.45, 2.75) is 33.2 Å². The lowest BCUT2D eigenvalue weighted by molar-refractivity contribution is 0.264. The Morgan fingerprint density at radius 2 is 1.92 bits per heavy atom. The normalized spacial score (nSPS) is 39.5. The number of hydrogen-bond donors (Lipinski definition) is 2. The van der Waals surface area contributed by atoms with Crippen molar-refractivity contribution in [3.63, 3.8) is 0 Å². The Labute approximate surface area is 81.5 Å². The average Bonchev–Trinajstić information content (AvgIpc) is 2.50. The van der Waals surface area contributed by atoms with Gasteiger partial charge in [-0.2, -0.15) is 0 Å². The molecule has 0 amide bonds. The summed E-state index contributed by atoms with van der Waals surface area (Å²) in [5.41, 5.74) is 0.490. The van der Waals surface area contributed by atoms with E-state index < -0.39 is 0 Å². The highest BCUT2D eigenvalue weighted by Gasteiger charge is 2.39. The van der Waals surface area contributed by atoms with Crippen LogP contribution in [0.4, 0.5) is 0 Å². The number of nitrogens with one attached hydrogen (secondary N) is 2. The summed E-state index contributed by atoms with van der Waals surface area (Å²) in [7, 11) is 0. The molecule has 2 heteroatoms. The second kappa shape index (κ2) is 3.25. The standard InChI is InChI=1S/C11H22N2/c1-11(2,3)4-8-5-13-10-7-12-6-9(8)10/h8-10,12-13H,4-7H2,1-3H3. The lowest BCUT2D eigenvalue weighted by Crippen LogP contribution is -2.27. The van der Waals surface area contributed by atoms with Gasteiger partial charge in [-0.05, 0) is 36.8 Å². The first-order valence-electron chi connectivity index (χ1n) is 5.50. The van der Waals surface area contributed by atoms with Crippen LogP contribution in [0, 0.1) is 17.3 Å². The van der Waals surface area contributed by atoms with Crippen LogP contribution in [0.2, 0.25) is 0 Å². The molecule has 0 saturated carbocycles. The van der Waals surface area contributed by atoms with Gasteiger partial charge in [0.05, 0.1) is 0 Å². The average molecular weight is 182 g/mol. The Morgan fingerprint density at radius 1 is 1.15 bits per heavy atom. The third kappa shape index (κ3) is 2.05. The Bertz CT molecular complexity index is 183. The number of hydrogen-bond acceptors (Lipinski definition) is 2. The van der Waals surface area contributed by atoms with Crippen LogP contribution in [0.25, 0.3) is 0 Å². The van der Waals surface area contributed by atoms with E-state index in [2.05, 4.69) is 31.4 Å². The van der Waals surface area contributed by atoms with Crippen LogP contribution < -0.4 is 10.6 Å². The molecule has 0 radical (unpaired) electrons. The Kier molecular flexibility index (Phi) is 2.37. The van der Waals surface area contributed by atoms with E-state index in [9.17, 15) is 0 Å². The first-order chi connectivity index (χ1) is 6.06. The van der Waals surface area contributed by atoms with E-state index in [0.29, 0.717) is 5.41 Å². The fourth-order valence-electron chi connectivity index (χ4n) is 2.88. The minimum Gasteiger partial charge on any atom is -0.315 e. The third-order valence-electron chi connectivity index (χ3n) is 3.38. The number of rotatable bonds is 1. The molecule has 2 rings (SSSR count). The highest BCUT2D eigenvalue weighted by molar-refractivity contribution is 4.97.